The fraction of sp³-hybridized carbons (Fsp3) is 0.867. The van der Waals surface area contributed by atoms with Gasteiger partial charge in [0.15, 0.2) is 0 Å². The highest BCUT2D eigenvalue weighted by Gasteiger charge is 2.15. The van der Waals surface area contributed by atoms with Crippen molar-refractivity contribution in [1.82, 2.24) is 5.32 Å². The smallest absolute Gasteiger partial charge is 0.00672 e. The number of nitrogens with one attached hydrogen (secondary N) is 1. The summed E-state index contributed by atoms with van der Waals surface area (Å²) >= 11 is 0. The quantitative estimate of drug-likeness (QED) is 0.558. The van der Waals surface area contributed by atoms with Crippen molar-refractivity contribution in [3.05, 3.63) is 11.6 Å². The Morgan fingerprint density at radius 3 is 2.94 bits per heavy atom. The number of hydrogen-bond donors (Lipinski definition) is 1. The van der Waals surface area contributed by atoms with E-state index in [0.717, 1.165) is 12.0 Å². The molecule has 0 aromatic rings. The monoisotopic (exact) mass is 221 g/mol. The van der Waals surface area contributed by atoms with Gasteiger partial charge in [-0.3, -0.25) is 0 Å². The van der Waals surface area contributed by atoms with Crippen LogP contribution in [-0.2, 0) is 0 Å². The normalized spacial score (nSPS) is 31.2. The van der Waals surface area contributed by atoms with Gasteiger partial charge in [0.05, 0.1) is 0 Å². The maximum atomic E-state index is 3.77. The average Bonchev–Trinajstić information content (AvgIpc) is 2.70. The highest BCUT2D eigenvalue weighted by molar-refractivity contribution is 5.07. The molecule has 1 saturated carbocycles. The van der Waals surface area contributed by atoms with Crippen LogP contribution in [0.15, 0.2) is 11.6 Å². The molecule has 2 aliphatic rings. The molecule has 0 aromatic carbocycles. The third-order valence-electron chi connectivity index (χ3n) is 4.27. The van der Waals surface area contributed by atoms with E-state index in [1.807, 2.05) is 0 Å². The Bertz CT molecular complexity index is 232. The van der Waals surface area contributed by atoms with Crippen molar-refractivity contribution in [3.63, 3.8) is 0 Å². The third-order valence-corrected chi connectivity index (χ3v) is 4.27. The number of rotatable bonds is 4. The summed E-state index contributed by atoms with van der Waals surface area (Å²) in [7, 11) is 0. The van der Waals surface area contributed by atoms with Crippen LogP contribution in [0.3, 0.4) is 0 Å². The molecule has 0 bridgehead atoms. The minimum atomic E-state index is 0.812. The van der Waals surface area contributed by atoms with E-state index in [2.05, 4.69) is 18.3 Å². The van der Waals surface area contributed by atoms with Crippen LogP contribution >= 0.6 is 0 Å². The standard InChI is InChI=1S/C15H27N/c1-13-5-4-8-15(10-9-13)16-12-11-14-6-2-3-7-14/h6,13,15-16H,2-5,7-12H2,1H3. The Kier molecular flexibility index (Phi) is 4.90. The van der Waals surface area contributed by atoms with E-state index in [1.165, 1.54) is 64.3 Å². The summed E-state index contributed by atoms with van der Waals surface area (Å²) < 4.78 is 0. The predicted octanol–water partition coefficient (Wildman–Crippen LogP) is 4.05. The van der Waals surface area contributed by atoms with E-state index in [9.17, 15) is 0 Å². The highest BCUT2D eigenvalue weighted by Crippen LogP contribution is 2.23. The molecule has 1 heteroatoms. The van der Waals surface area contributed by atoms with Crippen LogP contribution in [0.5, 0.6) is 0 Å². The first-order valence-electron chi connectivity index (χ1n) is 7.26. The van der Waals surface area contributed by atoms with Gasteiger partial charge in [0.2, 0.25) is 0 Å². The molecule has 0 spiro atoms. The van der Waals surface area contributed by atoms with Crippen LogP contribution in [0.2, 0.25) is 0 Å². The molecule has 0 amide bonds. The second-order valence-corrected chi connectivity index (χ2v) is 5.77. The zero-order chi connectivity index (χ0) is 11.2. The second kappa shape index (κ2) is 6.44. The van der Waals surface area contributed by atoms with Crippen molar-refractivity contribution < 1.29 is 0 Å². The molecule has 0 radical (unpaired) electrons. The molecule has 1 nitrogen and oxygen atoms in total. The van der Waals surface area contributed by atoms with E-state index in [0.29, 0.717) is 0 Å². The van der Waals surface area contributed by atoms with Crippen molar-refractivity contribution in [2.24, 2.45) is 5.92 Å². The SMILES string of the molecule is CC1CCCC(NCCC2=CCCC2)CC1. The molecule has 0 aliphatic heterocycles. The fourth-order valence-electron chi connectivity index (χ4n) is 3.09. The molecule has 2 unspecified atom stereocenters. The van der Waals surface area contributed by atoms with E-state index in [1.54, 1.807) is 5.57 Å². The van der Waals surface area contributed by atoms with Gasteiger partial charge in [-0.25, -0.2) is 0 Å². The third kappa shape index (κ3) is 3.93. The molecule has 16 heavy (non-hydrogen) atoms. The molecule has 2 aliphatic carbocycles. The zero-order valence-electron chi connectivity index (χ0n) is 10.8. The second-order valence-electron chi connectivity index (χ2n) is 5.77. The molecule has 0 aromatic heterocycles. The topological polar surface area (TPSA) is 12.0 Å². The first-order valence-corrected chi connectivity index (χ1v) is 7.26. The van der Waals surface area contributed by atoms with Crippen molar-refractivity contribution in [2.75, 3.05) is 6.54 Å². The molecule has 1 N–H and O–H groups in total. The van der Waals surface area contributed by atoms with Crippen LogP contribution in [0.25, 0.3) is 0 Å². The van der Waals surface area contributed by atoms with Crippen molar-refractivity contribution in [2.45, 2.75) is 70.8 Å². The van der Waals surface area contributed by atoms with Gasteiger partial charge in [0.25, 0.3) is 0 Å². The summed E-state index contributed by atoms with van der Waals surface area (Å²) in [5.74, 6) is 0.962. The highest BCUT2D eigenvalue weighted by atomic mass is 14.9. The molecule has 0 saturated heterocycles. The predicted molar refractivity (Wildman–Crippen MR) is 70.6 cm³/mol. The molecular formula is C15H27N. The van der Waals surface area contributed by atoms with Crippen LogP contribution in [0.4, 0.5) is 0 Å². The van der Waals surface area contributed by atoms with Crippen LogP contribution in [0.1, 0.15) is 64.7 Å². The minimum absolute atomic E-state index is 0.812. The molecule has 0 heterocycles. The molecule has 2 rings (SSSR count). The van der Waals surface area contributed by atoms with Gasteiger partial charge in [-0.05, 0) is 57.4 Å². The van der Waals surface area contributed by atoms with Gasteiger partial charge in [0.1, 0.15) is 0 Å². The maximum absolute atomic E-state index is 3.77. The van der Waals surface area contributed by atoms with Crippen molar-refractivity contribution in [1.29, 1.82) is 0 Å². The summed E-state index contributed by atoms with van der Waals surface area (Å²) in [5, 5.41) is 3.77. The van der Waals surface area contributed by atoms with E-state index >= 15 is 0 Å². The minimum Gasteiger partial charge on any atom is -0.314 e. The molecule has 1 fully saturated rings. The largest absolute Gasteiger partial charge is 0.314 e. The van der Waals surface area contributed by atoms with E-state index < -0.39 is 0 Å². The maximum Gasteiger partial charge on any atom is 0.00672 e. The number of allylic oxidation sites excluding steroid dienone is 1. The molecular weight excluding hydrogens is 194 g/mol. The van der Waals surface area contributed by atoms with Gasteiger partial charge >= 0.3 is 0 Å². The Balaban J connectivity index is 1.61. The van der Waals surface area contributed by atoms with Crippen molar-refractivity contribution in [3.8, 4) is 0 Å². The number of hydrogen-bond acceptors (Lipinski definition) is 1. The summed E-state index contributed by atoms with van der Waals surface area (Å²) in [6.07, 6.45) is 15.0. The van der Waals surface area contributed by atoms with Crippen LogP contribution in [-0.4, -0.2) is 12.6 Å². The zero-order valence-corrected chi connectivity index (χ0v) is 10.8. The lowest BCUT2D eigenvalue weighted by molar-refractivity contribution is 0.450. The molecule has 2 atom stereocenters. The fourth-order valence-corrected chi connectivity index (χ4v) is 3.09. The van der Waals surface area contributed by atoms with Gasteiger partial charge in [-0.1, -0.05) is 31.4 Å². The van der Waals surface area contributed by atoms with E-state index in [4.69, 9.17) is 0 Å². The lowest BCUT2D eigenvalue weighted by Gasteiger charge is -2.16. The van der Waals surface area contributed by atoms with Crippen molar-refractivity contribution >= 4 is 0 Å². The first kappa shape index (κ1) is 12.2. The van der Waals surface area contributed by atoms with Gasteiger partial charge in [0, 0.05) is 6.04 Å². The summed E-state index contributed by atoms with van der Waals surface area (Å²) in [6.45, 7) is 3.62. The van der Waals surface area contributed by atoms with Gasteiger partial charge < -0.3 is 5.32 Å². The lowest BCUT2D eigenvalue weighted by Crippen LogP contribution is -2.29. The van der Waals surface area contributed by atoms with Gasteiger partial charge in [-0.2, -0.15) is 0 Å². The molecule has 92 valence electrons. The Labute approximate surface area is 101 Å². The average molecular weight is 221 g/mol. The Hall–Kier alpha value is -0.300. The van der Waals surface area contributed by atoms with Crippen LogP contribution < -0.4 is 5.32 Å². The van der Waals surface area contributed by atoms with Gasteiger partial charge in [-0.15, -0.1) is 0 Å². The Morgan fingerprint density at radius 2 is 2.12 bits per heavy atom. The van der Waals surface area contributed by atoms with E-state index in [-0.39, 0.29) is 0 Å². The summed E-state index contributed by atoms with van der Waals surface area (Å²) in [6, 6.07) is 0.812. The Morgan fingerprint density at radius 1 is 1.19 bits per heavy atom. The summed E-state index contributed by atoms with van der Waals surface area (Å²) in [5.41, 5.74) is 1.70. The summed E-state index contributed by atoms with van der Waals surface area (Å²) in [4.78, 5) is 0. The van der Waals surface area contributed by atoms with Crippen LogP contribution in [0, 0.1) is 5.92 Å². The first-order chi connectivity index (χ1) is 7.84. The lowest BCUT2D eigenvalue weighted by atomic mass is 10.0.